The zero-order chi connectivity index (χ0) is 16.4. The van der Waals surface area contributed by atoms with Crippen LogP contribution in [0.4, 0.5) is 18.9 Å². The average molecular weight is 324 g/mol. The van der Waals surface area contributed by atoms with Gasteiger partial charge in [0.1, 0.15) is 0 Å². The molecule has 23 heavy (non-hydrogen) atoms. The van der Waals surface area contributed by atoms with Crippen molar-refractivity contribution in [2.75, 3.05) is 11.9 Å². The minimum Gasteiger partial charge on any atom is -0.322 e. The van der Waals surface area contributed by atoms with Crippen molar-refractivity contribution in [2.24, 2.45) is 0 Å². The quantitative estimate of drug-likeness (QED) is 0.912. The van der Waals surface area contributed by atoms with Gasteiger partial charge in [-0.15, -0.1) is 0 Å². The van der Waals surface area contributed by atoms with E-state index in [1.54, 1.807) is 6.20 Å². The summed E-state index contributed by atoms with van der Waals surface area (Å²) in [5, 5.41) is 9.89. The number of halogens is 3. The van der Waals surface area contributed by atoms with Crippen LogP contribution in [0.15, 0.2) is 36.7 Å². The monoisotopic (exact) mass is 324 g/mol. The molecule has 2 aromatic rings. The Labute approximate surface area is 130 Å². The molecule has 0 aliphatic carbocycles. The average Bonchev–Trinajstić information content (AvgIpc) is 3.18. The number of nitrogens with zero attached hydrogens (tertiary/aromatic N) is 2. The fraction of sp³-hybridized carbons (Fsp3) is 0.333. The second-order valence-electron chi connectivity index (χ2n) is 5.36. The predicted molar refractivity (Wildman–Crippen MR) is 78.2 cm³/mol. The fourth-order valence-corrected chi connectivity index (χ4v) is 2.47. The smallest absolute Gasteiger partial charge is 0.322 e. The van der Waals surface area contributed by atoms with E-state index < -0.39 is 11.7 Å². The maximum absolute atomic E-state index is 12.5. The number of carbonyl (C=O) groups is 1. The van der Waals surface area contributed by atoms with Crippen molar-refractivity contribution in [3.8, 4) is 5.69 Å². The van der Waals surface area contributed by atoms with E-state index in [1.807, 2.05) is 0 Å². The molecule has 122 valence electrons. The van der Waals surface area contributed by atoms with E-state index in [0.29, 0.717) is 11.4 Å². The molecule has 1 aromatic heterocycles. The second-order valence-corrected chi connectivity index (χ2v) is 5.36. The Hall–Kier alpha value is -2.35. The van der Waals surface area contributed by atoms with E-state index in [9.17, 15) is 18.0 Å². The molecule has 1 saturated heterocycles. The van der Waals surface area contributed by atoms with E-state index in [0.717, 1.165) is 31.5 Å². The number of aromatic nitrogens is 2. The molecule has 3 rings (SSSR count). The maximum atomic E-state index is 12.5. The zero-order valence-electron chi connectivity index (χ0n) is 12.1. The minimum absolute atomic E-state index is 0.130. The van der Waals surface area contributed by atoms with Gasteiger partial charge in [-0.25, -0.2) is 4.68 Å². The fourth-order valence-electron chi connectivity index (χ4n) is 2.47. The normalized spacial score (nSPS) is 18.1. The summed E-state index contributed by atoms with van der Waals surface area (Å²) in [5.74, 6) is -0.130. The number of nitrogens with one attached hydrogen (secondary N) is 2. The molecular weight excluding hydrogens is 309 g/mol. The van der Waals surface area contributed by atoms with Gasteiger partial charge in [-0.2, -0.15) is 18.3 Å². The highest BCUT2D eigenvalue weighted by Gasteiger charge is 2.30. The number of hydrogen-bond acceptors (Lipinski definition) is 3. The lowest BCUT2D eigenvalue weighted by atomic mass is 10.2. The molecule has 2 heterocycles. The number of amides is 1. The van der Waals surface area contributed by atoms with Crippen LogP contribution in [0.2, 0.25) is 0 Å². The molecule has 8 heteroatoms. The molecule has 1 aromatic carbocycles. The summed E-state index contributed by atoms with van der Waals surface area (Å²) in [5.41, 5.74) is 0.273. The van der Waals surface area contributed by atoms with Gasteiger partial charge in [0.05, 0.1) is 35.4 Å². The van der Waals surface area contributed by atoms with Gasteiger partial charge in [-0.05, 0) is 43.7 Å². The standard InChI is InChI=1S/C15H15F3N4O/c16-15(17,18)10-3-5-12(6-4-10)22-9-11(8-20-22)21-14(23)13-2-1-7-19-13/h3-6,8-9,13,19H,1-2,7H2,(H,21,23). The van der Waals surface area contributed by atoms with Gasteiger partial charge in [0.2, 0.25) is 5.91 Å². The Morgan fingerprint density at radius 3 is 2.65 bits per heavy atom. The topological polar surface area (TPSA) is 59.0 Å². The molecule has 1 fully saturated rings. The van der Waals surface area contributed by atoms with Gasteiger partial charge in [0, 0.05) is 0 Å². The summed E-state index contributed by atoms with van der Waals surface area (Å²) in [6.07, 6.45) is 0.414. The molecule has 1 amide bonds. The van der Waals surface area contributed by atoms with Crippen LogP contribution in [0, 0.1) is 0 Å². The highest BCUT2D eigenvalue weighted by atomic mass is 19.4. The van der Waals surface area contributed by atoms with Crippen LogP contribution in [0.1, 0.15) is 18.4 Å². The number of carbonyl (C=O) groups excluding carboxylic acids is 1. The lowest BCUT2D eigenvalue weighted by molar-refractivity contribution is -0.137. The van der Waals surface area contributed by atoms with Crippen LogP contribution in [-0.4, -0.2) is 28.3 Å². The van der Waals surface area contributed by atoms with Crippen LogP contribution < -0.4 is 10.6 Å². The van der Waals surface area contributed by atoms with Crippen LogP contribution in [-0.2, 0) is 11.0 Å². The first kappa shape index (κ1) is 15.5. The van der Waals surface area contributed by atoms with Crippen molar-refractivity contribution in [3.63, 3.8) is 0 Å². The summed E-state index contributed by atoms with van der Waals surface area (Å²) < 4.78 is 39.0. The first-order chi connectivity index (χ1) is 10.9. The minimum atomic E-state index is -4.37. The molecular formula is C15H15F3N4O. The first-order valence-electron chi connectivity index (χ1n) is 7.20. The maximum Gasteiger partial charge on any atom is 0.416 e. The molecule has 5 nitrogen and oxygen atoms in total. The Kier molecular flexibility index (Phi) is 4.08. The molecule has 1 aliphatic rings. The lowest BCUT2D eigenvalue weighted by Gasteiger charge is -2.09. The summed E-state index contributed by atoms with van der Waals surface area (Å²) in [6.45, 7) is 0.822. The molecule has 0 bridgehead atoms. The highest BCUT2D eigenvalue weighted by molar-refractivity contribution is 5.94. The number of alkyl halides is 3. The number of benzene rings is 1. The third kappa shape index (κ3) is 3.53. The van der Waals surface area contributed by atoms with Crippen molar-refractivity contribution >= 4 is 11.6 Å². The molecule has 0 saturated carbocycles. The van der Waals surface area contributed by atoms with Crippen LogP contribution in [0.5, 0.6) is 0 Å². The van der Waals surface area contributed by atoms with Gasteiger partial charge in [0.25, 0.3) is 0 Å². The van der Waals surface area contributed by atoms with Crippen LogP contribution in [0.25, 0.3) is 5.69 Å². The van der Waals surface area contributed by atoms with Crippen molar-refractivity contribution < 1.29 is 18.0 Å². The Balaban J connectivity index is 1.70. The van der Waals surface area contributed by atoms with Gasteiger partial charge in [-0.1, -0.05) is 0 Å². The highest BCUT2D eigenvalue weighted by Crippen LogP contribution is 2.29. The summed E-state index contributed by atoms with van der Waals surface area (Å²) in [6, 6.07) is 4.46. The Morgan fingerprint density at radius 2 is 2.04 bits per heavy atom. The van der Waals surface area contributed by atoms with Gasteiger partial charge >= 0.3 is 6.18 Å². The summed E-state index contributed by atoms with van der Waals surface area (Å²) in [4.78, 5) is 12.0. The predicted octanol–water partition coefficient (Wildman–Crippen LogP) is 2.58. The van der Waals surface area contributed by atoms with Crippen molar-refractivity contribution in [3.05, 3.63) is 42.2 Å². The second kappa shape index (κ2) is 6.04. The first-order valence-corrected chi connectivity index (χ1v) is 7.20. The Bertz CT molecular complexity index is 687. The van der Waals surface area contributed by atoms with Gasteiger partial charge in [0.15, 0.2) is 0 Å². The van der Waals surface area contributed by atoms with E-state index in [-0.39, 0.29) is 11.9 Å². The van der Waals surface area contributed by atoms with E-state index in [2.05, 4.69) is 15.7 Å². The summed E-state index contributed by atoms with van der Waals surface area (Å²) in [7, 11) is 0. The van der Waals surface area contributed by atoms with Gasteiger partial charge in [-0.3, -0.25) is 4.79 Å². The molecule has 2 N–H and O–H groups in total. The Morgan fingerprint density at radius 1 is 1.30 bits per heavy atom. The largest absolute Gasteiger partial charge is 0.416 e. The van der Waals surface area contributed by atoms with E-state index in [4.69, 9.17) is 0 Å². The lowest BCUT2D eigenvalue weighted by Crippen LogP contribution is -2.35. The summed E-state index contributed by atoms with van der Waals surface area (Å²) >= 11 is 0. The van der Waals surface area contributed by atoms with Crippen molar-refractivity contribution in [2.45, 2.75) is 25.1 Å². The van der Waals surface area contributed by atoms with Gasteiger partial charge < -0.3 is 10.6 Å². The van der Waals surface area contributed by atoms with Crippen molar-refractivity contribution in [1.82, 2.24) is 15.1 Å². The third-order valence-electron chi connectivity index (χ3n) is 3.69. The third-order valence-corrected chi connectivity index (χ3v) is 3.69. The molecule has 1 atom stereocenters. The van der Waals surface area contributed by atoms with Crippen molar-refractivity contribution in [1.29, 1.82) is 0 Å². The SMILES string of the molecule is O=C(Nc1cnn(-c2ccc(C(F)(F)F)cc2)c1)C1CCCN1. The number of hydrogen-bond donors (Lipinski definition) is 2. The van der Waals surface area contributed by atoms with Crippen LogP contribution in [0.3, 0.4) is 0 Å². The van der Waals surface area contributed by atoms with E-state index >= 15 is 0 Å². The molecule has 1 aliphatic heterocycles. The molecule has 1 unspecified atom stereocenters. The number of anilines is 1. The molecule has 0 radical (unpaired) electrons. The van der Waals surface area contributed by atoms with E-state index in [1.165, 1.54) is 23.0 Å². The number of rotatable bonds is 3. The molecule has 0 spiro atoms. The van der Waals surface area contributed by atoms with Crippen LogP contribution >= 0.6 is 0 Å². The zero-order valence-corrected chi connectivity index (χ0v) is 12.1.